The maximum absolute atomic E-state index is 13.5. The van der Waals surface area contributed by atoms with E-state index in [1.54, 1.807) is 4.90 Å². The van der Waals surface area contributed by atoms with Crippen LogP contribution in [0.2, 0.25) is 0 Å². The van der Waals surface area contributed by atoms with Crippen molar-refractivity contribution in [1.82, 2.24) is 15.5 Å². The molecule has 0 bridgehead atoms. The molecule has 2 aliphatic heterocycles. The summed E-state index contributed by atoms with van der Waals surface area (Å²) < 4.78 is 0. The number of urea groups is 1. The molecule has 7 nitrogen and oxygen atoms in total. The molecule has 1 saturated carbocycles. The van der Waals surface area contributed by atoms with Gasteiger partial charge in [0.2, 0.25) is 11.8 Å². The van der Waals surface area contributed by atoms with Crippen molar-refractivity contribution in [3.05, 3.63) is 65.7 Å². The lowest BCUT2D eigenvalue weighted by atomic mass is 9.98. The maximum Gasteiger partial charge on any atom is 0.318 e. The Bertz CT molecular complexity index is 1040. The topological polar surface area (TPSA) is 81.8 Å². The van der Waals surface area contributed by atoms with E-state index in [9.17, 15) is 14.4 Å². The van der Waals surface area contributed by atoms with Crippen LogP contribution in [0.3, 0.4) is 0 Å². The Balaban J connectivity index is 1.24. The molecule has 4 amide bonds. The van der Waals surface area contributed by atoms with E-state index in [1.165, 1.54) is 5.56 Å². The Morgan fingerprint density at radius 1 is 1.03 bits per heavy atom. The van der Waals surface area contributed by atoms with Gasteiger partial charge in [-0.25, -0.2) is 4.79 Å². The fourth-order valence-corrected chi connectivity index (χ4v) is 5.50. The molecule has 2 aromatic carbocycles. The van der Waals surface area contributed by atoms with Gasteiger partial charge in [-0.2, -0.15) is 0 Å². The van der Waals surface area contributed by atoms with Gasteiger partial charge in [0.05, 0.1) is 0 Å². The monoisotopic (exact) mass is 446 g/mol. The standard InChI is InChI=1S/C26H30N4O3/c31-24-17-29(26(33)27-15-18-7-2-1-3-8-18)16-21-13-20(14-22(21)28-24)25(32)30-12-6-10-19-9-4-5-11-23(19)30/h1-5,7-9,11,20-22H,6,10,12-17H2,(H,27,33)(H,28,31)/t20-,21+,22+/m0/s1. The number of nitrogens with one attached hydrogen (secondary N) is 2. The van der Waals surface area contributed by atoms with E-state index in [0.29, 0.717) is 25.9 Å². The third kappa shape index (κ3) is 4.58. The fraction of sp³-hybridized carbons (Fsp3) is 0.423. The minimum atomic E-state index is -0.241. The van der Waals surface area contributed by atoms with Crippen LogP contribution in [0.1, 0.15) is 30.4 Å². The average Bonchev–Trinajstić information content (AvgIpc) is 3.16. The summed E-state index contributed by atoms with van der Waals surface area (Å²) in [7, 11) is 0. The minimum absolute atomic E-state index is 0.0474. The second kappa shape index (κ2) is 9.25. The summed E-state index contributed by atoms with van der Waals surface area (Å²) >= 11 is 0. The zero-order chi connectivity index (χ0) is 22.8. The highest BCUT2D eigenvalue weighted by atomic mass is 16.2. The predicted molar refractivity (Wildman–Crippen MR) is 126 cm³/mol. The van der Waals surface area contributed by atoms with Crippen molar-refractivity contribution < 1.29 is 14.4 Å². The van der Waals surface area contributed by atoms with Crippen molar-refractivity contribution >= 4 is 23.5 Å². The summed E-state index contributed by atoms with van der Waals surface area (Å²) in [4.78, 5) is 42.3. The van der Waals surface area contributed by atoms with E-state index in [-0.39, 0.29) is 42.3 Å². The second-order valence-corrected chi connectivity index (χ2v) is 9.35. The number of amides is 4. The Morgan fingerprint density at radius 2 is 1.82 bits per heavy atom. The van der Waals surface area contributed by atoms with Crippen LogP contribution in [-0.4, -0.2) is 48.4 Å². The largest absolute Gasteiger partial charge is 0.351 e. The van der Waals surface area contributed by atoms with Gasteiger partial charge in [-0.05, 0) is 48.8 Å². The summed E-state index contributed by atoms with van der Waals surface area (Å²) in [5.41, 5.74) is 3.25. The van der Waals surface area contributed by atoms with Crippen LogP contribution in [0.5, 0.6) is 0 Å². The normalized spacial score (nSPS) is 24.4. The van der Waals surface area contributed by atoms with Crippen molar-refractivity contribution in [2.45, 2.75) is 38.3 Å². The number of hydrogen-bond acceptors (Lipinski definition) is 3. The molecular formula is C26H30N4O3. The number of para-hydroxylation sites is 1. The molecule has 172 valence electrons. The number of carbonyl (C=O) groups excluding carboxylic acids is 3. The van der Waals surface area contributed by atoms with Gasteiger partial charge in [0.1, 0.15) is 6.54 Å². The highest BCUT2D eigenvalue weighted by Gasteiger charge is 2.43. The van der Waals surface area contributed by atoms with Gasteiger partial charge in [-0.3, -0.25) is 9.59 Å². The van der Waals surface area contributed by atoms with Gasteiger partial charge < -0.3 is 20.4 Å². The minimum Gasteiger partial charge on any atom is -0.351 e. The van der Waals surface area contributed by atoms with Gasteiger partial charge in [-0.15, -0.1) is 0 Å². The van der Waals surface area contributed by atoms with Crippen molar-refractivity contribution in [2.75, 3.05) is 24.5 Å². The molecule has 2 heterocycles. The smallest absolute Gasteiger partial charge is 0.318 e. The van der Waals surface area contributed by atoms with Crippen molar-refractivity contribution in [3.8, 4) is 0 Å². The lowest BCUT2D eigenvalue weighted by molar-refractivity contribution is -0.124. The van der Waals surface area contributed by atoms with Crippen LogP contribution in [-0.2, 0) is 22.6 Å². The molecule has 1 saturated heterocycles. The zero-order valence-corrected chi connectivity index (χ0v) is 18.7. The second-order valence-electron chi connectivity index (χ2n) is 9.35. The molecule has 0 spiro atoms. The highest BCUT2D eigenvalue weighted by Crippen LogP contribution is 2.37. The molecule has 5 rings (SSSR count). The third-order valence-corrected chi connectivity index (χ3v) is 7.13. The highest BCUT2D eigenvalue weighted by molar-refractivity contribution is 5.96. The Kier molecular flexibility index (Phi) is 6.03. The van der Waals surface area contributed by atoms with Gasteiger partial charge in [0.15, 0.2) is 0 Å². The van der Waals surface area contributed by atoms with Crippen LogP contribution in [0.25, 0.3) is 0 Å². The molecule has 1 aliphatic carbocycles. The number of rotatable bonds is 3. The molecule has 0 unspecified atom stereocenters. The summed E-state index contributed by atoms with van der Waals surface area (Å²) in [5, 5.41) is 6.00. The Morgan fingerprint density at radius 3 is 2.67 bits per heavy atom. The molecule has 0 radical (unpaired) electrons. The number of aryl methyl sites for hydroxylation is 1. The van der Waals surface area contributed by atoms with E-state index in [4.69, 9.17) is 0 Å². The number of anilines is 1. The van der Waals surface area contributed by atoms with Crippen LogP contribution < -0.4 is 15.5 Å². The summed E-state index contributed by atoms with van der Waals surface area (Å²) in [6.07, 6.45) is 3.28. The molecule has 3 atom stereocenters. The van der Waals surface area contributed by atoms with Crippen LogP contribution in [0, 0.1) is 11.8 Å². The first-order chi connectivity index (χ1) is 16.1. The molecule has 3 aliphatic rings. The van der Waals surface area contributed by atoms with E-state index < -0.39 is 0 Å². The Labute approximate surface area is 194 Å². The van der Waals surface area contributed by atoms with Crippen molar-refractivity contribution in [2.24, 2.45) is 11.8 Å². The maximum atomic E-state index is 13.5. The predicted octanol–water partition coefficient (Wildman–Crippen LogP) is 2.70. The fourth-order valence-electron chi connectivity index (χ4n) is 5.50. The van der Waals surface area contributed by atoms with E-state index in [1.807, 2.05) is 53.4 Å². The summed E-state index contributed by atoms with van der Waals surface area (Å²) in [6.45, 7) is 1.68. The number of benzene rings is 2. The zero-order valence-electron chi connectivity index (χ0n) is 18.7. The number of nitrogens with zero attached hydrogens (tertiary/aromatic N) is 2. The molecule has 33 heavy (non-hydrogen) atoms. The molecule has 2 aromatic rings. The molecular weight excluding hydrogens is 416 g/mol. The summed E-state index contributed by atoms with van der Waals surface area (Å²) in [5.74, 6) is -0.0787. The quantitative estimate of drug-likeness (QED) is 0.761. The van der Waals surface area contributed by atoms with Gasteiger partial charge in [0, 0.05) is 37.3 Å². The van der Waals surface area contributed by atoms with Gasteiger partial charge in [-0.1, -0.05) is 48.5 Å². The first-order valence-electron chi connectivity index (χ1n) is 11.8. The number of carbonyl (C=O) groups is 3. The lowest BCUT2D eigenvalue weighted by Gasteiger charge is -2.31. The van der Waals surface area contributed by atoms with Gasteiger partial charge >= 0.3 is 6.03 Å². The molecule has 0 aromatic heterocycles. The van der Waals surface area contributed by atoms with E-state index >= 15 is 0 Å². The molecule has 2 N–H and O–H groups in total. The summed E-state index contributed by atoms with van der Waals surface area (Å²) in [6, 6.07) is 17.5. The van der Waals surface area contributed by atoms with Crippen LogP contribution >= 0.6 is 0 Å². The molecule has 7 heteroatoms. The Hall–Kier alpha value is -3.35. The van der Waals surface area contributed by atoms with E-state index in [0.717, 1.165) is 30.6 Å². The first-order valence-corrected chi connectivity index (χ1v) is 11.8. The molecule has 2 fully saturated rings. The van der Waals surface area contributed by atoms with E-state index in [2.05, 4.69) is 16.7 Å². The van der Waals surface area contributed by atoms with Crippen molar-refractivity contribution in [3.63, 3.8) is 0 Å². The first kappa shape index (κ1) is 21.5. The SMILES string of the molecule is O=C1CN(C(=O)NCc2ccccc2)C[C@H]2C[C@H](C(=O)N3CCCc4ccccc43)C[C@H]2N1. The lowest BCUT2D eigenvalue weighted by Crippen LogP contribution is -2.44. The van der Waals surface area contributed by atoms with Crippen LogP contribution in [0.15, 0.2) is 54.6 Å². The average molecular weight is 447 g/mol. The van der Waals surface area contributed by atoms with Crippen molar-refractivity contribution in [1.29, 1.82) is 0 Å². The van der Waals surface area contributed by atoms with Crippen LogP contribution in [0.4, 0.5) is 10.5 Å². The number of hydrogen-bond donors (Lipinski definition) is 2. The third-order valence-electron chi connectivity index (χ3n) is 7.13. The van der Waals surface area contributed by atoms with Gasteiger partial charge in [0.25, 0.3) is 0 Å². The number of fused-ring (bicyclic) bond motifs is 2.